The average molecular weight is 389 g/mol. The summed E-state index contributed by atoms with van der Waals surface area (Å²) in [6, 6.07) is 12.6. The van der Waals surface area contributed by atoms with Crippen molar-refractivity contribution < 1.29 is 14.4 Å². The summed E-state index contributed by atoms with van der Waals surface area (Å²) in [5.41, 5.74) is 4.69. The van der Waals surface area contributed by atoms with Gasteiger partial charge in [-0.1, -0.05) is 24.3 Å². The van der Waals surface area contributed by atoms with E-state index in [4.69, 9.17) is 0 Å². The van der Waals surface area contributed by atoms with Gasteiger partial charge in [0.2, 0.25) is 5.91 Å². The first kappa shape index (κ1) is 20.1. The van der Waals surface area contributed by atoms with E-state index in [9.17, 15) is 14.4 Å². The Labute approximate surface area is 169 Å². The summed E-state index contributed by atoms with van der Waals surface area (Å²) >= 11 is 0. The number of carbonyl (C=O) groups excluding carboxylic acids is 3. The van der Waals surface area contributed by atoms with Gasteiger partial charge in [0, 0.05) is 24.8 Å². The third kappa shape index (κ3) is 4.11. The molecule has 0 bridgehead atoms. The molecular formula is C23H23N3O3. The summed E-state index contributed by atoms with van der Waals surface area (Å²) in [6.07, 6.45) is 1.52. The van der Waals surface area contributed by atoms with Crippen LogP contribution in [0.5, 0.6) is 0 Å². The molecule has 0 fully saturated rings. The SMILES string of the molecule is C=CCN1C(=O)C(Nc2ccc(C)c(C)c2)=C(c2ccc(NC(C)=O)cc2)C1=O. The van der Waals surface area contributed by atoms with Gasteiger partial charge in [0.15, 0.2) is 0 Å². The van der Waals surface area contributed by atoms with E-state index in [1.807, 2.05) is 32.0 Å². The number of nitrogens with zero attached hydrogens (tertiary/aromatic N) is 1. The van der Waals surface area contributed by atoms with Crippen LogP contribution in [0.3, 0.4) is 0 Å². The molecule has 0 unspecified atom stereocenters. The highest BCUT2D eigenvalue weighted by Gasteiger charge is 2.38. The topological polar surface area (TPSA) is 78.5 Å². The minimum atomic E-state index is -0.394. The molecule has 6 heteroatoms. The van der Waals surface area contributed by atoms with Gasteiger partial charge in [0.05, 0.1) is 5.57 Å². The van der Waals surface area contributed by atoms with E-state index < -0.39 is 5.91 Å². The lowest BCUT2D eigenvalue weighted by Gasteiger charge is -2.13. The molecule has 2 N–H and O–H groups in total. The minimum absolute atomic E-state index is 0.128. The van der Waals surface area contributed by atoms with Crippen LogP contribution in [0.25, 0.3) is 5.57 Å². The molecule has 3 amide bonds. The number of amides is 3. The third-order valence-corrected chi connectivity index (χ3v) is 4.75. The molecule has 3 rings (SSSR count). The maximum absolute atomic E-state index is 13.0. The number of anilines is 2. The van der Waals surface area contributed by atoms with Crippen molar-refractivity contribution in [2.45, 2.75) is 20.8 Å². The first-order valence-corrected chi connectivity index (χ1v) is 9.25. The molecular weight excluding hydrogens is 366 g/mol. The monoisotopic (exact) mass is 389 g/mol. The van der Waals surface area contributed by atoms with Gasteiger partial charge in [-0.15, -0.1) is 6.58 Å². The van der Waals surface area contributed by atoms with E-state index in [1.165, 1.54) is 13.0 Å². The second kappa shape index (κ2) is 8.14. The Morgan fingerprint density at radius 2 is 1.66 bits per heavy atom. The zero-order valence-corrected chi connectivity index (χ0v) is 16.7. The summed E-state index contributed by atoms with van der Waals surface area (Å²) in [5, 5.41) is 5.82. The zero-order chi connectivity index (χ0) is 21.1. The van der Waals surface area contributed by atoms with Crippen LogP contribution in [0.1, 0.15) is 23.6 Å². The molecule has 1 heterocycles. The fourth-order valence-electron chi connectivity index (χ4n) is 3.14. The van der Waals surface area contributed by atoms with Crippen LogP contribution in [-0.2, 0) is 14.4 Å². The van der Waals surface area contributed by atoms with Crippen molar-refractivity contribution in [3.05, 3.63) is 77.5 Å². The number of carbonyl (C=O) groups is 3. The number of aryl methyl sites for hydroxylation is 2. The van der Waals surface area contributed by atoms with Crippen molar-refractivity contribution >= 4 is 34.7 Å². The van der Waals surface area contributed by atoms with Crippen LogP contribution in [-0.4, -0.2) is 29.2 Å². The average Bonchev–Trinajstić information content (AvgIpc) is 2.90. The lowest BCUT2D eigenvalue weighted by molar-refractivity contribution is -0.136. The Hall–Kier alpha value is -3.67. The highest BCUT2D eigenvalue weighted by Crippen LogP contribution is 2.31. The molecule has 0 atom stereocenters. The highest BCUT2D eigenvalue weighted by molar-refractivity contribution is 6.36. The first-order chi connectivity index (χ1) is 13.8. The van der Waals surface area contributed by atoms with Crippen molar-refractivity contribution in [2.24, 2.45) is 0 Å². The molecule has 0 spiro atoms. The summed E-state index contributed by atoms with van der Waals surface area (Å²) in [6.45, 7) is 9.19. The first-order valence-electron chi connectivity index (χ1n) is 9.25. The molecule has 148 valence electrons. The molecule has 29 heavy (non-hydrogen) atoms. The molecule has 0 aliphatic carbocycles. The predicted octanol–water partition coefficient (Wildman–Crippen LogP) is 3.64. The fourth-order valence-corrected chi connectivity index (χ4v) is 3.14. The molecule has 0 saturated carbocycles. The number of benzene rings is 2. The molecule has 0 radical (unpaired) electrons. The normalized spacial score (nSPS) is 13.7. The maximum atomic E-state index is 13.0. The van der Waals surface area contributed by atoms with Crippen LogP contribution in [0.4, 0.5) is 11.4 Å². The molecule has 2 aromatic carbocycles. The molecule has 2 aromatic rings. The smallest absolute Gasteiger partial charge is 0.278 e. The number of hydrogen-bond donors (Lipinski definition) is 2. The minimum Gasteiger partial charge on any atom is -0.350 e. The summed E-state index contributed by atoms with van der Waals surface area (Å²) in [5.74, 6) is -0.957. The second-order valence-electron chi connectivity index (χ2n) is 6.94. The molecule has 1 aliphatic rings. The van der Waals surface area contributed by atoms with Gasteiger partial charge in [-0.3, -0.25) is 19.3 Å². The Kier molecular flexibility index (Phi) is 5.64. The molecule has 0 saturated heterocycles. The Morgan fingerprint density at radius 1 is 1.00 bits per heavy atom. The van der Waals surface area contributed by atoms with Crippen molar-refractivity contribution in [2.75, 3.05) is 17.2 Å². The largest absolute Gasteiger partial charge is 0.350 e. The Balaban J connectivity index is 2.04. The van der Waals surface area contributed by atoms with Gasteiger partial charge >= 0.3 is 0 Å². The van der Waals surface area contributed by atoms with Gasteiger partial charge in [-0.2, -0.15) is 0 Å². The van der Waals surface area contributed by atoms with Crippen molar-refractivity contribution in [3.8, 4) is 0 Å². The highest BCUT2D eigenvalue weighted by atomic mass is 16.2. The summed E-state index contributed by atoms with van der Waals surface area (Å²) < 4.78 is 0. The Bertz CT molecular complexity index is 1040. The third-order valence-electron chi connectivity index (χ3n) is 4.75. The zero-order valence-electron chi connectivity index (χ0n) is 16.7. The summed E-state index contributed by atoms with van der Waals surface area (Å²) in [4.78, 5) is 38.3. The van der Waals surface area contributed by atoms with Gasteiger partial charge in [-0.25, -0.2) is 0 Å². The Morgan fingerprint density at radius 3 is 2.24 bits per heavy atom. The van der Waals surface area contributed by atoms with E-state index >= 15 is 0 Å². The van der Waals surface area contributed by atoms with Crippen LogP contribution >= 0.6 is 0 Å². The fraction of sp³-hybridized carbons (Fsp3) is 0.174. The van der Waals surface area contributed by atoms with Gasteiger partial charge in [0.25, 0.3) is 11.8 Å². The number of nitrogens with one attached hydrogen (secondary N) is 2. The van der Waals surface area contributed by atoms with Crippen molar-refractivity contribution in [1.82, 2.24) is 4.90 Å². The van der Waals surface area contributed by atoms with E-state index in [2.05, 4.69) is 17.2 Å². The molecule has 1 aliphatic heterocycles. The molecule has 6 nitrogen and oxygen atoms in total. The molecule has 0 aromatic heterocycles. The van der Waals surface area contributed by atoms with Crippen molar-refractivity contribution in [3.63, 3.8) is 0 Å². The maximum Gasteiger partial charge on any atom is 0.278 e. The second-order valence-corrected chi connectivity index (χ2v) is 6.94. The standard InChI is InChI=1S/C23H23N3O3/c1-5-12-26-22(28)20(17-7-10-18(11-8-17)24-16(4)27)21(23(26)29)25-19-9-6-14(2)15(3)13-19/h5-11,13,25H,1,12H2,2-4H3,(H,24,27). The lowest BCUT2D eigenvalue weighted by atomic mass is 10.0. The van der Waals surface area contributed by atoms with Gasteiger partial charge in [-0.05, 0) is 54.8 Å². The van der Waals surface area contributed by atoms with Gasteiger partial charge < -0.3 is 10.6 Å². The number of hydrogen-bond acceptors (Lipinski definition) is 4. The van der Waals surface area contributed by atoms with E-state index in [0.717, 1.165) is 21.7 Å². The number of rotatable bonds is 6. The van der Waals surface area contributed by atoms with Gasteiger partial charge in [0.1, 0.15) is 5.70 Å². The van der Waals surface area contributed by atoms with Crippen LogP contribution in [0.15, 0.2) is 60.8 Å². The lowest BCUT2D eigenvalue weighted by Crippen LogP contribution is -2.32. The van der Waals surface area contributed by atoms with E-state index in [0.29, 0.717) is 16.8 Å². The van der Waals surface area contributed by atoms with Crippen LogP contribution < -0.4 is 10.6 Å². The van der Waals surface area contributed by atoms with E-state index in [-0.39, 0.29) is 24.1 Å². The van der Waals surface area contributed by atoms with E-state index in [1.54, 1.807) is 24.3 Å². The summed E-state index contributed by atoms with van der Waals surface area (Å²) in [7, 11) is 0. The quantitative estimate of drug-likeness (QED) is 0.584. The van der Waals surface area contributed by atoms with Crippen molar-refractivity contribution in [1.29, 1.82) is 0 Å². The van der Waals surface area contributed by atoms with Crippen LogP contribution in [0, 0.1) is 13.8 Å². The predicted molar refractivity (Wildman–Crippen MR) is 114 cm³/mol. The number of imide groups is 1. The van der Waals surface area contributed by atoms with Crippen LogP contribution in [0.2, 0.25) is 0 Å².